The zero-order valence-electron chi connectivity index (χ0n) is 16.2. The van der Waals surface area contributed by atoms with Crippen molar-refractivity contribution in [1.29, 1.82) is 0 Å². The molecule has 3 aromatic carbocycles. The summed E-state index contributed by atoms with van der Waals surface area (Å²) in [5.41, 5.74) is 2.26. The van der Waals surface area contributed by atoms with Crippen molar-refractivity contribution in [3.63, 3.8) is 0 Å². The highest BCUT2D eigenvalue weighted by molar-refractivity contribution is 6.21. The molecular formula is C25H23NO3. The summed E-state index contributed by atoms with van der Waals surface area (Å²) in [6, 6.07) is 24.9. The minimum Gasteiger partial charge on any atom is -0.457 e. The number of nitrogens with zero attached hydrogens (tertiary/aromatic N) is 1. The summed E-state index contributed by atoms with van der Waals surface area (Å²) in [5.74, 6) is 1.32. The van der Waals surface area contributed by atoms with Crippen molar-refractivity contribution in [2.45, 2.75) is 25.7 Å². The highest BCUT2D eigenvalue weighted by Gasteiger charge is 2.34. The number of carbonyl (C=O) groups excluding carboxylic acids is 2. The summed E-state index contributed by atoms with van der Waals surface area (Å²) < 4.78 is 5.89. The topological polar surface area (TPSA) is 46.6 Å². The average Bonchev–Trinajstić information content (AvgIpc) is 2.99. The maximum Gasteiger partial charge on any atom is 0.261 e. The molecule has 1 aliphatic heterocycles. The van der Waals surface area contributed by atoms with E-state index < -0.39 is 0 Å². The molecule has 1 heterocycles. The van der Waals surface area contributed by atoms with Crippen molar-refractivity contribution in [3.05, 3.63) is 95.6 Å². The number of hydrogen-bond donors (Lipinski definition) is 0. The van der Waals surface area contributed by atoms with Gasteiger partial charge in [0.15, 0.2) is 0 Å². The number of ether oxygens (including phenoxy) is 1. The van der Waals surface area contributed by atoms with Crippen molar-refractivity contribution in [1.82, 2.24) is 4.90 Å². The zero-order chi connectivity index (χ0) is 20.1. The number of unbranched alkanes of at least 4 members (excludes halogenated alkanes) is 2. The Morgan fingerprint density at radius 2 is 1.31 bits per heavy atom. The molecule has 0 saturated heterocycles. The molecular weight excluding hydrogens is 362 g/mol. The van der Waals surface area contributed by atoms with Crippen LogP contribution < -0.4 is 4.74 Å². The van der Waals surface area contributed by atoms with Crippen LogP contribution in [-0.4, -0.2) is 23.3 Å². The van der Waals surface area contributed by atoms with Gasteiger partial charge in [-0.3, -0.25) is 14.5 Å². The van der Waals surface area contributed by atoms with E-state index in [9.17, 15) is 9.59 Å². The quantitative estimate of drug-likeness (QED) is 0.381. The van der Waals surface area contributed by atoms with Crippen LogP contribution in [0.1, 0.15) is 45.5 Å². The second-order valence-electron chi connectivity index (χ2n) is 7.18. The zero-order valence-corrected chi connectivity index (χ0v) is 16.2. The molecule has 0 bridgehead atoms. The normalized spacial score (nSPS) is 12.9. The minimum atomic E-state index is -0.170. The predicted molar refractivity (Wildman–Crippen MR) is 112 cm³/mol. The molecule has 0 aromatic heterocycles. The minimum absolute atomic E-state index is 0.170. The Bertz CT molecular complexity index is 978. The van der Waals surface area contributed by atoms with Gasteiger partial charge in [-0.2, -0.15) is 0 Å². The van der Waals surface area contributed by atoms with Crippen LogP contribution >= 0.6 is 0 Å². The van der Waals surface area contributed by atoms with Gasteiger partial charge in [-0.05, 0) is 61.2 Å². The number of para-hydroxylation sites is 1. The van der Waals surface area contributed by atoms with Crippen LogP contribution in [0.3, 0.4) is 0 Å². The first-order valence-electron chi connectivity index (χ1n) is 9.99. The Balaban J connectivity index is 1.24. The van der Waals surface area contributed by atoms with E-state index in [4.69, 9.17) is 4.74 Å². The highest BCUT2D eigenvalue weighted by atomic mass is 16.5. The predicted octanol–water partition coefficient (Wildman–Crippen LogP) is 5.49. The van der Waals surface area contributed by atoms with Crippen molar-refractivity contribution in [2.24, 2.45) is 0 Å². The molecule has 146 valence electrons. The number of amides is 2. The number of imide groups is 1. The third-order valence-electron chi connectivity index (χ3n) is 5.10. The van der Waals surface area contributed by atoms with E-state index in [1.165, 1.54) is 10.5 Å². The van der Waals surface area contributed by atoms with Gasteiger partial charge in [-0.1, -0.05) is 48.9 Å². The average molecular weight is 385 g/mol. The summed E-state index contributed by atoms with van der Waals surface area (Å²) in [4.78, 5) is 26.1. The fourth-order valence-electron chi connectivity index (χ4n) is 3.61. The number of aryl methyl sites for hydroxylation is 1. The van der Waals surface area contributed by atoms with Gasteiger partial charge in [-0.25, -0.2) is 0 Å². The number of hydrogen-bond acceptors (Lipinski definition) is 3. The smallest absolute Gasteiger partial charge is 0.261 e. The maximum atomic E-state index is 12.4. The Hall–Kier alpha value is -3.40. The van der Waals surface area contributed by atoms with E-state index in [0.717, 1.165) is 37.2 Å². The van der Waals surface area contributed by atoms with E-state index in [2.05, 4.69) is 12.1 Å². The van der Waals surface area contributed by atoms with Gasteiger partial charge in [0, 0.05) is 6.54 Å². The first-order chi connectivity index (χ1) is 14.2. The molecule has 4 nitrogen and oxygen atoms in total. The Labute approximate surface area is 170 Å². The monoisotopic (exact) mass is 385 g/mol. The lowest BCUT2D eigenvalue weighted by molar-refractivity contribution is 0.0651. The molecule has 0 radical (unpaired) electrons. The second kappa shape index (κ2) is 8.74. The van der Waals surface area contributed by atoms with Crippen molar-refractivity contribution < 1.29 is 14.3 Å². The summed E-state index contributed by atoms with van der Waals surface area (Å²) in [6.45, 7) is 0.476. The van der Waals surface area contributed by atoms with Gasteiger partial charge < -0.3 is 4.74 Å². The van der Waals surface area contributed by atoms with E-state index in [1.807, 2.05) is 42.5 Å². The second-order valence-corrected chi connectivity index (χ2v) is 7.18. The summed E-state index contributed by atoms with van der Waals surface area (Å²) >= 11 is 0. The molecule has 1 aliphatic rings. The Kier molecular flexibility index (Phi) is 5.71. The standard InChI is InChI=1S/C25H23NO3/c27-24-22-15-6-7-16-23(22)25(28)26(24)17-8-2-3-10-19-11-9-14-21(18-19)29-20-12-4-1-5-13-20/h1,4-7,9,11-16,18H,2-3,8,10,17H2. The van der Waals surface area contributed by atoms with E-state index >= 15 is 0 Å². The number of benzene rings is 3. The Morgan fingerprint density at radius 3 is 2.03 bits per heavy atom. The number of fused-ring (bicyclic) bond motifs is 1. The third kappa shape index (κ3) is 4.37. The van der Waals surface area contributed by atoms with Gasteiger partial charge in [-0.15, -0.1) is 0 Å². The SMILES string of the molecule is O=C1c2ccccc2C(=O)N1CCCCCc1cccc(Oc2ccccc2)c1. The lowest BCUT2D eigenvalue weighted by atomic mass is 10.1. The van der Waals surface area contributed by atoms with Crippen LogP contribution in [0.2, 0.25) is 0 Å². The molecule has 4 heteroatoms. The Morgan fingerprint density at radius 1 is 0.655 bits per heavy atom. The molecule has 0 fully saturated rings. The van der Waals surface area contributed by atoms with Gasteiger partial charge >= 0.3 is 0 Å². The van der Waals surface area contributed by atoms with Crippen LogP contribution in [-0.2, 0) is 6.42 Å². The largest absolute Gasteiger partial charge is 0.457 e. The lowest BCUT2D eigenvalue weighted by Gasteiger charge is -2.13. The van der Waals surface area contributed by atoms with Gasteiger partial charge in [0.2, 0.25) is 0 Å². The van der Waals surface area contributed by atoms with Crippen molar-refractivity contribution >= 4 is 11.8 Å². The first-order valence-corrected chi connectivity index (χ1v) is 9.99. The molecule has 2 amide bonds. The van der Waals surface area contributed by atoms with E-state index in [0.29, 0.717) is 17.7 Å². The fourth-order valence-corrected chi connectivity index (χ4v) is 3.61. The summed E-state index contributed by atoms with van der Waals surface area (Å²) in [5, 5.41) is 0. The van der Waals surface area contributed by atoms with Crippen molar-refractivity contribution in [3.8, 4) is 11.5 Å². The van der Waals surface area contributed by atoms with Crippen LogP contribution in [0.5, 0.6) is 11.5 Å². The summed E-state index contributed by atoms with van der Waals surface area (Å²) in [6.07, 6.45) is 3.70. The van der Waals surface area contributed by atoms with Crippen LogP contribution in [0.15, 0.2) is 78.9 Å². The van der Waals surface area contributed by atoms with E-state index in [1.54, 1.807) is 24.3 Å². The molecule has 29 heavy (non-hydrogen) atoms. The number of carbonyl (C=O) groups is 2. The first kappa shape index (κ1) is 18.9. The van der Waals surface area contributed by atoms with Gasteiger partial charge in [0.1, 0.15) is 11.5 Å². The van der Waals surface area contributed by atoms with Gasteiger partial charge in [0.05, 0.1) is 11.1 Å². The molecule has 0 atom stereocenters. The molecule has 3 aromatic rings. The molecule has 0 N–H and O–H groups in total. The maximum absolute atomic E-state index is 12.4. The fraction of sp³-hybridized carbons (Fsp3) is 0.200. The van der Waals surface area contributed by atoms with E-state index in [-0.39, 0.29) is 11.8 Å². The van der Waals surface area contributed by atoms with Crippen LogP contribution in [0.25, 0.3) is 0 Å². The van der Waals surface area contributed by atoms with Crippen LogP contribution in [0, 0.1) is 0 Å². The molecule has 0 aliphatic carbocycles. The molecule has 0 saturated carbocycles. The van der Waals surface area contributed by atoms with Gasteiger partial charge in [0.25, 0.3) is 11.8 Å². The van der Waals surface area contributed by atoms with Crippen LogP contribution in [0.4, 0.5) is 0 Å². The van der Waals surface area contributed by atoms with Crippen molar-refractivity contribution in [2.75, 3.05) is 6.54 Å². The molecule has 4 rings (SSSR count). The molecule has 0 unspecified atom stereocenters. The lowest BCUT2D eigenvalue weighted by Crippen LogP contribution is -2.30. The molecule has 0 spiro atoms. The third-order valence-corrected chi connectivity index (χ3v) is 5.10. The summed E-state index contributed by atoms with van der Waals surface area (Å²) in [7, 11) is 0. The highest BCUT2D eigenvalue weighted by Crippen LogP contribution is 2.24. The number of rotatable bonds is 8.